The minimum absolute atomic E-state index is 0.114. The predicted octanol–water partition coefficient (Wildman–Crippen LogP) is 1.92. The van der Waals surface area contributed by atoms with E-state index in [9.17, 15) is 4.79 Å². The Morgan fingerprint density at radius 2 is 2.32 bits per heavy atom. The highest BCUT2D eigenvalue weighted by atomic mass is 32.2. The van der Waals surface area contributed by atoms with Gasteiger partial charge in [-0.1, -0.05) is 29.2 Å². The molecule has 0 radical (unpaired) electrons. The van der Waals surface area contributed by atoms with Gasteiger partial charge in [0.05, 0.1) is 23.2 Å². The molecule has 0 fully saturated rings. The maximum Gasteiger partial charge on any atom is 0.235 e. The average Bonchev–Trinajstić information content (AvgIpc) is 3.20. The topological polar surface area (TPSA) is 98.0 Å². The Balaban J connectivity index is 1.44. The number of aromatic nitrogens is 6. The molecule has 3 aromatic heterocycles. The highest BCUT2D eigenvalue weighted by molar-refractivity contribution is 8.01. The van der Waals surface area contributed by atoms with Crippen LogP contribution in [0, 0.1) is 0 Å². The lowest BCUT2D eigenvalue weighted by Crippen LogP contribution is -2.14. The van der Waals surface area contributed by atoms with Crippen molar-refractivity contribution in [3.63, 3.8) is 0 Å². The van der Waals surface area contributed by atoms with Crippen molar-refractivity contribution in [2.24, 2.45) is 0 Å². The van der Waals surface area contributed by atoms with Crippen LogP contribution >= 0.6 is 34.8 Å². The number of nitrogens with one attached hydrogen (secondary N) is 1. The summed E-state index contributed by atoms with van der Waals surface area (Å²) in [6.07, 6.45) is 1.53. The molecular formula is C11H7N7OS3. The van der Waals surface area contributed by atoms with Crippen molar-refractivity contribution in [1.82, 2.24) is 28.6 Å². The molecule has 3 heterocycles. The molecule has 110 valence electrons. The third-order valence-corrected chi connectivity index (χ3v) is 5.34. The summed E-state index contributed by atoms with van der Waals surface area (Å²) in [5, 5.41) is 14.8. The maximum absolute atomic E-state index is 12.1. The van der Waals surface area contributed by atoms with E-state index in [1.807, 2.05) is 18.2 Å². The monoisotopic (exact) mass is 349 g/mol. The van der Waals surface area contributed by atoms with Crippen LogP contribution < -0.4 is 5.32 Å². The number of nitrogens with zero attached hydrogens (tertiary/aromatic N) is 6. The molecular weight excluding hydrogens is 342 g/mol. The number of hydrogen-bond acceptors (Lipinski definition) is 9. The summed E-state index contributed by atoms with van der Waals surface area (Å²) in [5.41, 5.74) is 2.17. The molecule has 0 aliphatic rings. The van der Waals surface area contributed by atoms with E-state index in [1.165, 1.54) is 29.4 Å². The van der Waals surface area contributed by atoms with Crippen LogP contribution in [0.15, 0.2) is 28.9 Å². The van der Waals surface area contributed by atoms with Crippen LogP contribution in [0.3, 0.4) is 0 Å². The molecule has 22 heavy (non-hydrogen) atoms. The molecule has 0 spiro atoms. The van der Waals surface area contributed by atoms with Crippen LogP contribution in [-0.4, -0.2) is 40.2 Å². The van der Waals surface area contributed by atoms with Gasteiger partial charge >= 0.3 is 0 Å². The van der Waals surface area contributed by atoms with Gasteiger partial charge in [0.15, 0.2) is 4.34 Å². The van der Waals surface area contributed by atoms with Crippen LogP contribution in [0.25, 0.3) is 16.0 Å². The number of carbonyl (C=O) groups excluding carboxylic acids is 1. The van der Waals surface area contributed by atoms with E-state index in [4.69, 9.17) is 0 Å². The first-order chi connectivity index (χ1) is 10.8. The molecule has 0 saturated heterocycles. The molecule has 4 rings (SSSR count). The summed E-state index contributed by atoms with van der Waals surface area (Å²) in [6, 6.07) is 5.52. The van der Waals surface area contributed by atoms with Crippen molar-refractivity contribution in [3.05, 3.63) is 24.5 Å². The first kappa shape index (κ1) is 13.5. The lowest BCUT2D eigenvalue weighted by Gasteiger charge is -2.04. The number of amides is 1. The van der Waals surface area contributed by atoms with Gasteiger partial charge in [-0.2, -0.15) is 13.3 Å². The van der Waals surface area contributed by atoms with Crippen LogP contribution in [0.1, 0.15) is 0 Å². The highest BCUT2D eigenvalue weighted by Crippen LogP contribution is 2.25. The molecule has 1 aromatic carbocycles. The zero-order chi connectivity index (χ0) is 14.9. The number of benzene rings is 1. The van der Waals surface area contributed by atoms with E-state index >= 15 is 0 Å². The van der Waals surface area contributed by atoms with Gasteiger partial charge < -0.3 is 5.32 Å². The number of fused-ring (bicyclic) bond motifs is 2. The Bertz CT molecular complexity index is 930. The van der Waals surface area contributed by atoms with Crippen LogP contribution in [0.2, 0.25) is 0 Å². The Labute approximate surface area is 135 Å². The summed E-state index contributed by atoms with van der Waals surface area (Å²) in [5.74, 6) is 0.148. The maximum atomic E-state index is 12.1. The van der Waals surface area contributed by atoms with Crippen LogP contribution in [-0.2, 0) is 4.79 Å². The van der Waals surface area contributed by atoms with Crippen molar-refractivity contribution in [2.45, 2.75) is 4.34 Å². The molecule has 1 amide bonds. The largest absolute Gasteiger partial charge is 0.323 e. The highest BCUT2D eigenvalue weighted by Gasteiger charge is 2.11. The second kappa shape index (κ2) is 5.59. The summed E-state index contributed by atoms with van der Waals surface area (Å²) >= 11 is 3.88. The second-order valence-electron chi connectivity index (χ2n) is 4.20. The Hall–Kier alpha value is -2.11. The van der Waals surface area contributed by atoms with Crippen molar-refractivity contribution < 1.29 is 4.79 Å². The van der Waals surface area contributed by atoms with E-state index in [1.54, 1.807) is 4.52 Å². The number of thioether (sulfide) groups is 1. The Morgan fingerprint density at radius 1 is 1.36 bits per heavy atom. The quantitative estimate of drug-likeness (QED) is 0.562. The molecule has 0 aliphatic carbocycles. The predicted molar refractivity (Wildman–Crippen MR) is 85.4 cm³/mol. The average molecular weight is 349 g/mol. The first-order valence-electron chi connectivity index (χ1n) is 6.10. The van der Waals surface area contributed by atoms with Gasteiger partial charge in [0.2, 0.25) is 10.9 Å². The van der Waals surface area contributed by atoms with Gasteiger partial charge in [0.25, 0.3) is 0 Å². The van der Waals surface area contributed by atoms with Gasteiger partial charge in [-0.3, -0.25) is 4.79 Å². The van der Waals surface area contributed by atoms with E-state index in [0.717, 1.165) is 21.6 Å². The van der Waals surface area contributed by atoms with E-state index in [0.29, 0.717) is 16.2 Å². The van der Waals surface area contributed by atoms with Crippen LogP contribution in [0.4, 0.5) is 5.69 Å². The summed E-state index contributed by atoms with van der Waals surface area (Å²) < 4.78 is 10.7. The molecule has 8 nitrogen and oxygen atoms in total. The molecule has 4 aromatic rings. The van der Waals surface area contributed by atoms with Gasteiger partial charge in [0.1, 0.15) is 17.4 Å². The molecule has 11 heteroatoms. The Kier molecular flexibility index (Phi) is 3.44. The van der Waals surface area contributed by atoms with Gasteiger partial charge in [-0.05, 0) is 12.1 Å². The molecule has 0 bridgehead atoms. The van der Waals surface area contributed by atoms with Crippen molar-refractivity contribution >= 4 is 62.4 Å². The van der Waals surface area contributed by atoms with E-state index in [2.05, 4.69) is 29.4 Å². The summed E-state index contributed by atoms with van der Waals surface area (Å²) in [4.78, 5) is 12.8. The van der Waals surface area contributed by atoms with Crippen LogP contribution in [0.5, 0.6) is 0 Å². The first-order valence-corrected chi connectivity index (χ1v) is 8.63. The molecule has 0 unspecified atom stereocenters. The van der Waals surface area contributed by atoms with Crippen molar-refractivity contribution in [2.75, 3.05) is 11.1 Å². The molecule has 0 aliphatic heterocycles. The third-order valence-electron chi connectivity index (χ3n) is 2.76. The fourth-order valence-corrected chi connectivity index (χ4v) is 4.03. The van der Waals surface area contributed by atoms with Crippen molar-refractivity contribution in [3.8, 4) is 0 Å². The summed E-state index contributed by atoms with van der Waals surface area (Å²) in [6.45, 7) is 0. The zero-order valence-corrected chi connectivity index (χ0v) is 13.3. The van der Waals surface area contributed by atoms with Gasteiger partial charge in [0, 0.05) is 0 Å². The fraction of sp³-hybridized carbons (Fsp3) is 0.0909. The van der Waals surface area contributed by atoms with E-state index < -0.39 is 0 Å². The number of anilines is 1. The lowest BCUT2D eigenvalue weighted by molar-refractivity contribution is -0.113. The van der Waals surface area contributed by atoms with E-state index in [-0.39, 0.29) is 11.7 Å². The van der Waals surface area contributed by atoms with Crippen molar-refractivity contribution in [1.29, 1.82) is 0 Å². The standard InChI is InChI=1S/C11H7N7OS3/c19-8(4-20-11-15-18-5-12-14-10(18)21-11)13-6-2-1-3-7-9(6)17-22-16-7/h1-3,5H,4H2,(H,13,19). The fourth-order valence-electron chi connectivity index (χ4n) is 1.82. The smallest absolute Gasteiger partial charge is 0.235 e. The SMILES string of the molecule is O=C(CSc1nn2cnnc2s1)Nc1cccc2nsnc12. The number of hydrogen-bond donors (Lipinski definition) is 1. The molecule has 0 saturated carbocycles. The van der Waals surface area contributed by atoms with Gasteiger partial charge in [-0.15, -0.1) is 15.3 Å². The van der Waals surface area contributed by atoms with Gasteiger partial charge in [-0.25, -0.2) is 0 Å². The Morgan fingerprint density at radius 3 is 3.23 bits per heavy atom. The number of rotatable bonds is 4. The minimum atomic E-state index is -0.114. The third kappa shape index (κ3) is 2.53. The number of carbonyl (C=O) groups is 1. The minimum Gasteiger partial charge on any atom is -0.323 e. The summed E-state index contributed by atoms with van der Waals surface area (Å²) in [7, 11) is 0. The molecule has 1 N–H and O–H groups in total. The normalized spacial score (nSPS) is 11.3. The zero-order valence-electron chi connectivity index (χ0n) is 10.8. The molecule has 0 atom stereocenters. The lowest BCUT2D eigenvalue weighted by atomic mass is 10.2. The second-order valence-corrected chi connectivity index (χ2v) is 6.91.